The first kappa shape index (κ1) is 35.7. The molecule has 3 N–H and O–H groups in total. The summed E-state index contributed by atoms with van der Waals surface area (Å²) in [5.41, 5.74) is 2.30. The van der Waals surface area contributed by atoms with Crippen molar-refractivity contribution >= 4 is 30.2 Å². The molecule has 14 nitrogen and oxygen atoms in total. The van der Waals surface area contributed by atoms with Crippen LogP contribution in [-0.2, 0) is 38.8 Å². The molecule has 256 valence electrons. The number of rotatable bonds is 13. The van der Waals surface area contributed by atoms with Crippen LogP contribution in [0.2, 0.25) is 0 Å². The van der Waals surface area contributed by atoms with Gasteiger partial charge in [-0.2, -0.15) is 0 Å². The Hall–Kier alpha value is -6.18. The molecule has 0 aliphatic heterocycles. The van der Waals surface area contributed by atoms with Gasteiger partial charge in [-0.3, -0.25) is 15.6 Å². The molecule has 0 saturated carbocycles. The van der Waals surface area contributed by atoms with Gasteiger partial charge in [-0.05, 0) is 36.5 Å². The Morgan fingerprint density at radius 1 is 0.735 bits per heavy atom. The van der Waals surface area contributed by atoms with Crippen molar-refractivity contribution in [3.8, 4) is 0 Å². The Balaban J connectivity index is 1.41. The highest BCUT2D eigenvalue weighted by atomic mass is 16.6. The average Bonchev–Trinajstić information content (AvgIpc) is 3.52. The van der Waals surface area contributed by atoms with E-state index in [9.17, 15) is 19.2 Å². The lowest BCUT2D eigenvalue weighted by molar-refractivity contribution is 0.0592. The molecular weight excluding hydrogens is 634 g/mol. The molecule has 0 saturated heterocycles. The van der Waals surface area contributed by atoms with E-state index in [-0.39, 0.29) is 56.1 Å². The zero-order valence-corrected chi connectivity index (χ0v) is 27.0. The summed E-state index contributed by atoms with van der Waals surface area (Å²) in [5.74, 6) is -0.627. The monoisotopic (exact) mass is 671 g/mol. The molecule has 3 aromatic carbocycles. The van der Waals surface area contributed by atoms with Gasteiger partial charge in [-0.1, -0.05) is 91.0 Å². The third-order valence-electron chi connectivity index (χ3n) is 6.78. The van der Waals surface area contributed by atoms with E-state index in [2.05, 4.69) is 25.9 Å². The number of esters is 1. The van der Waals surface area contributed by atoms with Crippen LogP contribution in [0.3, 0.4) is 0 Å². The number of ether oxygens (including phenoxy) is 4. The topological polar surface area (TPSA) is 180 Å². The zero-order chi connectivity index (χ0) is 34.8. The molecule has 0 bridgehead atoms. The smallest absolute Gasteiger partial charge is 0.414 e. The number of methoxy groups -OCH3 is 1. The Bertz CT molecular complexity index is 1640. The summed E-state index contributed by atoms with van der Waals surface area (Å²) in [5, 5.41) is 7.59. The van der Waals surface area contributed by atoms with Crippen LogP contribution in [0.15, 0.2) is 100 Å². The van der Waals surface area contributed by atoms with Crippen molar-refractivity contribution in [2.45, 2.75) is 45.6 Å². The van der Waals surface area contributed by atoms with E-state index in [0.717, 1.165) is 16.7 Å². The largest absolute Gasteiger partial charge is 0.464 e. The molecule has 0 aliphatic rings. The predicted molar refractivity (Wildman–Crippen MR) is 176 cm³/mol. The van der Waals surface area contributed by atoms with Crippen molar-refractivity contribution in [3.63, 3.8) is 0 Å². The maximum Gasteiger partial charge on any atom is 0.414 e. The average molecular weight is 672 g/mol. The summed E-state index contributed by atoms with van der Waals surface area (Å²) in [6.45, 7) is 1.64. The number of amides is 3. The van der Waals surface area contributed by atoms with Crippen molar-refractivity contribution in [2.75, 3.05) is 13.7 Å². The molecule has 3 amide bonds. The first-order valence-electron chi connectivity index (χ1n) is 15.3. The Morgan fingerprint density at radius 2 is 1.20 bits per heavy atom. The fraction of sp³-hybridized carbons (Fsp3) is 0.257. The molecule has 0 spiro atoms. The predicted octanol–water partition coefficient (Wildman–Crippen LogP) is 5.73. The SMILES string of the molecule is COC(=O)c1nc([C@H](CCCN=C(NC(=O)OCc2ccccc2)NC(=O)OCc2ccccc2)NC(=O)OCc2ccccc2)oc1C. The van der Waals surface area contributed by atoms with Crippen LogP contribution in [0.1, 0.15) is 57.7 Å². The minimum absolute atomic E-state index is 0.00471. The van der Waals surface area contributed by atoms with Gasteiger partial charge in [0.2, 0.25) is 11.9 Å². The molecule has 0 unspecified atom stereocenters. The van der Waals surface area contributed by atoms with Gasteiger partial charge in [0.25, 0.3) is 0 Å². The molecule has 1 atom stereocenters. The lowest BCUT2D eigenvalue weighted by Gasteiger charge is -2.16. The highest BCUT2D eigenvalue weighted by molar-refractivity contribution is 6.01. The Labute approximate surface area is 282 Å². The van der Waals surface area contributed by atoms with Gasteiger partial charge >= 0.3 is 24.2 Å². The first-order valence-corrected chi connectivity index (χ1v) is 15.3. The number of carbonyl (C=O) groups is 4. The van der Waals surface area contributed by atoms with Gasteiger partial charge in [0.1, 0.15) is 31.6 Å². The van der Waals surface area contributed by atoms with Crippen LogP contribution >= 0.6 is 0 Å². The lowest BCUT2D eigenvalue weighted by atomic mass is 10.1. The lowest BCUT2D eigenvalue weighted by Crippen LogP contribution is -2.44. The van der Waals surface area contributed by atoms with Crippen LogP contribution in [0, 0.1) is 6.92 Å². The van der Waals surface area contributed by atoms with Gasteiger partial charge in [0.05, 0.1) is 7.11 Å². The molecule has 1 heterocycles. The fourth-order valence-electron chi connectivity index (χ4n) is 4.32. The number of benzene rings is 3. The Morgan fingerprint density at radius 3 is 1.67 bits per heavy atom. The van der Waals surface area contributed by atoms with Gasteiger partial charge < -0.3 is 28.7 Å². The summed E-state index contributed by atoms with van der Waals surface area (Å²) in [7, 11) is 1.22. The summed E-state index contributed by atoms with van der Waals surface area (Å²) >= 11 is 0. The third-order valence-corrected chi connectivity index (χ3v) is 6.78. The van der Waals surface area contributed by atoms with E-state index in [1.165, 1.54) is 7.11 Å². The number of nitrogens with zero attached hydrogens (tertiary/aromatic N) is 2. The maximum absolute atomic E-state index is 12.7. The zero-order valence-electron chi connectivity index (χ0n) is 27.0. The van der Waals surface area contributed by atoms with Crippen LogP contribution in [0.4, 0.5) is 14.4 Å². The number of hydrogen-bond donors (Lipinski definition) is 3. The number of aryl methyl sites for hydroxylation is 1. The normalized spacial score (nSPS) is 11.0. The molecule has 49 heavy (non-hydrogen) atoms. The minimum atomic E-state index is -0.850. The van der Waals surface area contributed by atoms with Gasteiger partial charge in [0.15, 0.2) is 5.69 Å². The van der Waals surface area contributed by atoms with Crippen molar-refractivity contribution in [1.82, 2.24) is 20.9 Å². The first-order chi connectivity index (χ1) is 23.8. The molecule has 4 rings (SSSR count). The van der Waals surface area contributed by atoms with Crippen LogP contribution < -0.4 is 16.0 Å². The van der Waals surface area contributed by atoms with Crippen molar-refractivity contribution in [1.29, 1.82) is 0 Å². The van der Waals surface area contributed by atoms with E-state index in [1.807, 2.05) is 66.7 Å². The number of guanidine groups is 1. The number of aromatic nitrogens is 1. The van der Waals surface area contributed by atoms with E-state index >= 15 is 0 Å². The molecule has 0 aliphatic carbocycles. The second-order valence-electron chi connectivity index (χ2n) is 10.5. The molecule has 14 heteroatoms. The maximum atomic E-state index is 12.7. The number of oxazole rings is 1. The standard InChI is InChI=1S/C35H37N5O9/c1-24-29(31(41)45-2)38-30(49-24)28(37-33(42)46-21-25-13-6-3-7-14-25)19-12-20-36-32(39-34(43)47-22-26-15-8-4-9-16-26)40-35(44)48-23-27-17-10-5-11-18-27/h3-11,13-18,28H,12,19-23H2,1-2H3,(H,37,42)(H2,36,39,40,43,44)/t28-/m0/s1. The molecule has 4 aromatic rings. The van der Waals surface area contributed by atoms with Crippen LogP contribution in [0.25, 0.3) is 0 Å². The van der Waals surface area contributed by atoms with Gasteiger partial charge in [-0.15, -0.1) is 0 Å². The number of aliphatic imine (C=N–C) groups is 1. The quantitative estimate of drug-likeness (QED) is 0.0523. The van der Waals surface area contributed by atoms with Crippen LogP contribution in [-0.4, -0.2) is 48.8 Å². The third kappa shape index (κ3) is 12.2. The number of carbonyl (C=O) groups excluding carboxylic acids is 4. The van der Waals surface area contributed by atoms with E-state index in [1.54, 1.807) is 31.2 Å². The summed E-state index contributed by atoms with van der Waals surface area (Å²) < 4.78 is 26.4. The van der Waals surface area contributed by atoms with Crippen molar-refractivity contribution in [3.05, 3.63) is 125 Å². The highest BCUT2D eigenvalue weighted by Gasteiger charge is 2.25. The van der Waals surface area contributed by atoms with E-state index in [4.69, 9.17) is 23.4 Å². The number of hydrogen-bond acceptors (Lipinski definition) is 11. The van der Waals surface area contributed by atoms with Crippen molar-refractivity contribution < 1.29 is 42.5 Å². The minimum Gasteiger partial charge on any atom is -0.464 e. The second kappa shape index (κ2) is 18.8. The van der Waals surface area contributed by atoms with Gasteiger partial charge in [-0.25, -0.2) is 24.2 Å². The highest BCUT2D eigenvalue weighted by Crippen LogP contribution is 2.22. The van der Waals surface area contributed by atoms with Gasteiger partial charge in [0, 0.05) is 6.54 Å². The molecule has 0 radical (unpaired) electrons. The fourth-order valence-corrected chi connectivity index (χ4v) is 4.32. The summed E-state index contributed by atoms with van der Waals surface area (Å²) in [6, 6.07) is 26.4. The summed E-state index contributed by atoms with van der Waals surface area (Å²) in [6.07, 6.45) is -1.92. The van der Waals surface area contributed by atoms with E-state index in [0.29, 0.717) is 6.42 Å². The van der Waals surface area contributed by atoms with Crippen molar-refractivity contribution in [2.24, 2.45) is 4.99 Å². The summed E-state index contributed by atoms with van der Waals surface area (Å²) in [4.78, 5) is 58.6. The molecule has 0 fully saturated rings. The molecular formula is C35H37N5O9. The number of nitrogens with one attached hydrogen (secondary N) is 3. The van der Waals surface area contributed by atoms with Crippen LogP contribution in [0.5, 0.6) is 0 Å². The van der Waals surface area contributed by atoms with E-state index < -0.39 is 30.3 Å². The Kier molecular flexibility index (Phi) is 13.7. The number of alkyl carbamates (subject to hydrolysis) is 3. The molecule has 1 aromatic heterocycles. The second-order valence-corrected chi connectivity index (χ2v) is 10.5.